The van der Waals surface area contributed by atoms with Crippen LogP contribution in [-0.2, 0) is 11.2 Å². The largest absolute Gasteiger partial charge is 0.492 e. The Morgan fingerprint density at radius 1 is 1.00 bits per heavy atom. The van der Waals surface area contributed by atoms with E-state index in [1.165, 1.54) is 0 Å². The normalized spacial score (nSPS) is 10.0. The second kappa shape index (κ2) is 8.95. The lowest BCUT2D eigenvalue weighted by atomic mass is 10.2. The predicted octanol–water partition coefficient (Wildman–Crippen LogP) is 3.69. The molecule has 4 nitrogen and oxygen atoms in total. The van der Waals surface area contributed by atoms with Crippen molar-refractivity contribution in [3.05, 3.63) is 65.2 Å². The van der Waals surface area contributed by atoms with Gasteiger partial charge in [-0.25, -0.2) is 4.79 Å². The van der Waals surface area contributed by atoms with Crippen LogP contribution in [-0.4, -0.2) is 25.9 Å². The number of nitrogens with one attached hydrogen (secondary N) is 1. The molecule has 0 atom stereocenters. The molecule has 116 valence electrons. The third-order valence-corrected chi connectivity index (χ3v) is 3.31. The van der Waals surface area contributed by atoms with Gasteiger partial charge in [-0.1, -0.05) is 48.0 Å². The van der Waals surface area contributed by atoms with Gasteiger partial charge in [0.25, 0.3) is 0 Å². The van der Waals surface area contributed by atoms with E-state index in [0.717, 1.165) is 11.3 Å². The standard InChI is InChI=1S/C17H18ClNO3/c18-16-9-5-4-6-14(16)10-12-22-17(20)19-11-13-21-15-7-2-1-3-8-15/h1-9H,10-13H2,(H,19,20). The molecular weight excluding hydrogens is 302 g/mol. The van der Waals surface area contributed by atoms with Crippen molar-refractivity contribution in [3.63, 3.8) is 0 Å². The van der Waals surface area contributed by atoms with Gasteiger partial charge in [0, 0.05) is 11.4 Å². The SMILES string of the molecule is O=C(NCCOc1ccccc1)OCCc1ccccc1Cl. The number of halogens is 1. The highest BCUT2D eigenvalue weighted by atomic mass is 35.5. The summed E-state index contributed by atoms with van der Waals surface area (Å²) in [7, 11) is 0. The Labute approximate surface area is 135 Å². The molecule has 0 unspecified atom stereocenters. The number of alkyl carbamates (subject to hydrolysis) is 1. The maximum absolute atomic E-state index is 11.5. The zero-order chi connectivity index (χ0) is 15.6. The summed E-state index contributed by atoms with van der Waals surface area (Å²) in [5.41, 5.74) is 0.962. The van der Waals surface area contributed by atoms with Crippen molar-refractivity contribution < 1.29 is 14.3 Å². The molecule has 22 heavy (non-hydrogen) atoms. The predicted molar refractivity (Wildman–Crippen MR) is 86.4 cm³/mol. The zero-order valence-electron chi connectivity index (χ0n) is 12.1. The summed E-state index contributed by atoms with van der Waals surface area (Å²) in [6.45, 7) is 1.07. The first-order valence-corrected chi connectivity index (χ1v) is 7.45. The molecule has 0 saturated carbocycles. The number of carbonyl (C=O) groups is 1. The average molecular weight is 320 g/mol. The van der Waals surface area contributed by atoms with Crippen molar-refractivity contribution in [3.8, 4) is 5.75 Å². The maximum atomic E-state index is 11.5. The second-order valence-electron chi connectivity index (χ2n) is 4.57. The minimum absolute atomic E-state index is 0.287. The zero-order valence-corrected chi connectivity index (χ0v) is 12.9. The van der Waals surface area contributed by atoms with E-state index in [9.17, 15) is 4.79 Å². The van der Waals surface area contributed by atoms with Crippen molar-refractivity contribution in [2.24, 2.45) is 0 Å². The fraction of sp³-hybridized carbons (Fsp3) is 0.235. The van der Waals surface area contributed by atoms with E-state index < -0.39 is 6.09 Å². The molecule has 5 heteroatoms. The number of carbonyl (C=O) groups excluding carboxylic acids is 1. The fourth-order valence-electron chi connectivity index (χ4n) is 1.84. The Kier molecular flexibility index (Phi) is 6.58. The molecular formula is C17H18ClNO3. The number of rotatable bonds is 7. The Morgan fingerprint density at radius 3 is 2.50 bits per heavy atom. The molecule has 0 fully saturated rings. The molecule has 2 rings (SSSR count). The highest BCUT2D eigenvalue weighted by Gasteiger charge is 2.03. The van der Waals surface area contributed by atoms with E-state index >= 15 is 0 Å². The van der Waals surface area contributed by atoms with Gasteiger partial charge in [-0.05, 0) is 23.8 Å². The quantitative estimate of drug-likeness (QED) is 0.792. The minimum Gasteiger partial charge on any atom is -0.492 e. The van der Waals surface area contributed by atoms with Gasteiger partial charge in [-0.2, -0.15) is 0 Å². The smallest absolute Gasteiger partial charge is 0.407 e. The molecule has 0 spiro atoms. The average Bonchev–Trinajstić information content (AvgIpc) is 2.54. The summed E-state index contributed by atoms with van der Waals surface area (Å²) < 4.78 is 10.5. The molecule has 0 aromatic heterocycles. The lowest BCUT2D eigenvalue weighted by Crippen LogP contribution is -2.29. The summed E-state index contributed by atoms with van der Waals surface area (Å²) in [6, 6.07) is 16.9. The Morgan fingerprint density at radius 2 is 1.73 bits per heavy atom. The number of amides is 1. The van der Waals surface area contributed by atoms with E-state index in [-0.39, 0.29) is 6.61 Å². The van der Waals surface area contributed by atoms with Crippen LogP contribution in [0.1, 0.15) is 5.56 Å². The van der Waals surface area contributed by atoms with E-state index in [4.69, 9.17) is 21.1 Å². The highest BCUT2D eigenvalue weighted by Crippen LogP contribution is 2.15. The molecule has 0 aliphatic heterocycles. The molecule has 1 N–H and O–H groups in total. The maximum Gasteiger partial charge on any atom is 0.407 e. The van der Waals surface area contributed by atoms with Gasteiger partial charge in [0.2, 0.25) is 0 Å². The van der Waals surface area contributed by atoms with Crippen molar-refractivity contribution >= 4 is 17.7 Å². The van der Waals surface area contributed by atoms with Crippen LogP contribution in [0.25, 0.3) is 0 Å². The van der Waals surface area contributed by atoms with Crippen LogP contribution in [0.4, 0.5) is 4.79 Å². The molecule has 0 heterocycles. The first-order chi connectivity index (χ1) is 10.8. The lowest BCUT2D eigenvalue weighted by molar-refractivity contribution is 0.145. The third-order valence-electron chi connectivity index (χ3n) is 2.95. The monoisotopic (exact) mass is 319 g/mol. The molecule has 0 bridgehead atoms. The summed E-state index contributed by atoms with van der Waals surface area (Å²) in [5.74, 6) is 0.774. The van der Waals surface area contributed by atoms with Crippen LogP contribution >= 0.6 is 11.6 Å². The van der Waals surface area contributed by atoms with Crippen molar-refractivity contribution in [1.82, 2.24) is 5.32 Å². The van der Waals surface area contributed by atoms with Crippen LogP contribution in [0, 0.1) is 0 Å². The van der Waals surface area contributed by atoms with E-state index in [2.05, 4.69) is 5.32 Å². The van der Waals surface area contributed by atoms with Gasteiger partial charge >= 0.3 is 6.09 Å². The summed E-state index contributed by atoms with van der Waals surface area (Å²) in [4.78, 5) is 11.5. The Balaban J connectivity index is 1.57. The van der Waals surface area contributed by atoms with Gasteiger partial charge < -0.3 is 14.8 Å². The first-order valence-electron chi connectivity index (χ1n) is 7.07. The van der Waals surface area contributed by atoms with Crippen LogP contribution in [0.5, 0.6) is 5.75 Å². The number of hydrogen-bond donors (Lipinski definition) is 1. The molecule has 0 aliphatic carbocycles. The first kappa shape index (κ1) is 16.2. The molecule has 2 aromatic carbocycles. The van der Waals surface area contributed by atoms with Crippen LogP contribution in [0.2, 0.25) is 5.02 Å². The van der Waals surface area contributed by atoms with E-state index in [1.54, 1.807) is 0 Å². The molecule has 0 radical (unpaired) electrons. The minimum atomic E-state index is -0.455. The van der Waals surface area contributed by atoms with Crippen molar-refractivity contribution in [1.29, 1.82) is 0 Å². The molecule has 1 amide bonds. The Hall–Kier alpha value is -2.20. The number of para-hydroxylation sites is 1. The third kappa shape index (κ3) is 5.66. The fourth-order valence-corrected chi connectivity index (χ4v) is 2.07. The summed E-state index contributed by atoms with van der Waals surface area (Å²) in [5, 5.41) is 3.32. The Bertz CT molecular complexity index is 589. The van der Waals surface area contributed by atoms with Gasteiger partial charge in [0.1, 0.15) is 12.4 Å². The van der Waals surface area contributed by atoms with E-state index in [1.807, 2.05) is 54.6 Å². The summed E-state index contributed by atoms with van der Waals surface area (Å²) in [6.07, 6.45) is 0.136. The van der Waals surface area contributed by atoms with Gasteiger partial charge in [-0.3, -0.25) is 0 Å². The second-order valence-corrected chi connectivity index (χ2v) is 4.97. The lowest BCUT2D eigenvalue weighted by Gasteiger charge is -2.09. The van der Waals surface area contributed by atoms with Crippen LogP contribution in [0.3, 0.4) is 0 Å². The van der Waals surface area contributed by atoms with Gasteiger partial charge in [-0.15, -0.1) is 0 Å². The summed E-state index contributed by atoms with van der Waals surface area (Å²) >= 11 is 6.03. The van der Waals surface area contributed by atoms with Crippen LogP contribution < -0.4 is 10.1 Å². The number of ether oxygens (including phenoxy) is 2. The number of hydrogen-bond acceptors (Lipinski definition) is 3. The van der Waals surface area contributed by atoms with Gasteiger partial charge in [0.15, 0.2) is 0 Å². The van der Waals surface area contributed by atoms with Crippen molar-refractivity contribution in [2.75, 3.05) is 19.8 Å². The number of benzene rings is 2. The molecule has 0 saturated heterocycles. The topological polar surface area (TPSA) is 47.6 Å². The van der Waals surface area contributed by atoms with E-state index in [0.29, 0.717) is 24.6 Å². The van der Waals surface area contributed by atoms with Gasteiger partial charge in [0.05, 0.1) is 13.2 Å². The highest BCUT2D eigenvalue weighted by molar-refractivity contribution is 6.31. The molecule has 2 aromatic rings. The van der Waals surface area contributed by atoms with Crippen LogP contribution in [0.15, 0.2) is 54.6 Å². The molecule has 0 aliphatic rings. The van der Waals surface area contributed by atoms with Crippen molar-refractivity contribution in [2.45, 2.75) is 6.42 Å².